The van der Waals surface area contributed by atoms with Gasteiger partial charge in [-0.2, -0.15) is 0 Å². The van der Waals surface area contributed by atoms with E-state index in [1.165, 1.54) is 36.4 Å². The summed E-state index contributed by atoms with van der Waals surface area (Å²) in [5.74, 6) is 0. The zero-order valence-corrected chi connectivity index (χ0v) is 12.0. The van der Waals surface area contributed by atoms with Crippen LogP contribution in [0, 0.1) is 20.2 Å². The molecule has 0 spiro atoms. The number of benzene rings is 2. The number of hydrogen-bond donors (Lipinski definition) is 0. The van der Waals surface area contributed by atoms with E-state index in [0.717, 1.165) is 0 Å². The number of nitrogens with zero attached hydrogens (tertiary/aromatic N) is 2. The standard InChI is InChI=1S/C13H8Cl2N2O4/c14-10-3-1-8(12(6-10)16(18)19)5-9-2-4-11(15)7-13(9)17(20)21/h1-4,6-7H,5H2. The van der Waals surface area contributed by atoms with Crippen LogP contribution in [0.2, 0.25) is 10.0 Å². The number of nitro groups is 2. The summed E-state index contributed by atoms with van der Waals surface area (Å²) in [5.41, 5.74) is 0.336. The Labute approximate surface area is 129 Å². The summed E-state index contributed by atoms with van der Waals surface area (Å²) in [6, 6.07) is 8.42. The molecule has 0 atom stereocenters. The Balaban J connectivity index is 2.48. The molecule has 0 heterocycles. The van der Waals surface area contributed by atoms with Crippen molar-refractivity contribution in [2.75, 3.05) is 0 Å². The Kier molecular flexibility index (Phi) is 4.40. The summed E-state index contributed by atoms with van der Waals surface area (Å²) < 4.78 is 0. The highest BCUT2D eigenvalue weighted by Crippen LogP contribution is 2.30. The molecular formula is C13H8Cl2N2O4. The van der Waals surface area contributed by atoms with Gasteiger partial charge < -0.3 is 0 Å². The van der Waals surface area contributed by atoms with Crippen molar-refractivity contribution in [1.29, 1.82) is 0 Å². The third kappa shape index (κ3) is 3.48. The van der Waals surface area contributed by atoms with E-state index in [2.05, 4.69) is 0 Å². The molecule has 0 amide bonds. The smallest absolute Gasteiger partial charge is 0.258 e. The lowest BCUT2D eigenvalue weighted by atomic mass is 10.0. The van der Waals surface area contributed by atoms with Gasteiger partial charge in [-0.1, -0.05) is 35.3 Å². The molecule has 0 aromatic heterocycles. The van der Waals surface area contributed by atoms with Crippen molar-refractivity contribution in [2.24, 2.45) is 0 Å². The normalized spacial score (nSPS) is 10.4. The van der Waals surface area contributed by atoms with E-state index in [0.29, 0.717) is 11.1 Å². The molecule has 0 fully saturated rings. The van der Waals surface area contributed by atoms with Crippen LogP contribution in [0.25, 0.3) is 0 Å². The molecule has 0 unspecified atom stereocenters. The first-order valence-electron chi connectivity index (χ1n) is 5.74. The van der Waals surface area contributed by atoms with Crippen LogP contribution in [0.4, 0.5) is 11.4 Å². The van der Waals surface area contributed by atoms with Crippen LogP contribution in [-0.2, 0) is 6.42 Å². The molecule has 0 aliphatic heterocycles. The molecule has 108 valence electrons. The number of rotatable bonds is 4. The van der Waals surface area contributed by atoms with Gasteiger partial charge in [-0.3, -0.25) is 20.2 Å². The van der Waals surface area contributed by atoms with Gasteiger partial charge in [-0.05, 0) is 12.1 Å². The van der Waals surface area contributed by atoms with Crippen LogP contribution in [0.15, 0.2) is 36.4 Å². The molecule has 0 aliphatic rings. The highest BCUT2D eigenvalue weighted by molar-refractivity contribution is 6.31. The van der Waals surface area contributed by atoms with Crippen molar-refractivity contribution in [3.8, 4) is 0 Å². The fourth-order valence-electron chi connectivity index (χ4n) is 1.92. The van der Waals surface area contributed by atoms with E-state index in [9.17, 15) is 20.2 Å². The Morgan fingerprint density at radius 1 is 0.810 bits per heavy atom. The third-order valence-corrected chi connectivity index (χ3v) is 3.34. The summed E-state index contributed by atoms with van der Waals surface area (Å²) in [7, 11) is 0. The summed E-state index contributed by atoms with van der Waals surface area (Å²) in [5, 5.41) is 22.5. The summed E-state index contributed by atoms with van der Waals surface area (Å²) in [6.45, 7) is 0. The quantitative estimate of drug-likeness (QED) is 0.615. The molecule has 0 saturated heterocycles. The van der Waals surface area contributed by atoms with Gasteiger partial charge in [0.25, 0.3) is 11.4 Å². The Morgan fingerprint density at radius 3 is 1.52 bits per heavy atom. The maximum absolute atomic E-state index is 11.0. The van der Waals surface area contributed by atoms with Gasteiger partial charge in [0, 0.05) is 39.7 Å². The first-order valence-corrected chi connectivity index (χ1v) is 6.49. The molecule has 0 radical (unpaired) electrons. The molecule has 0 saturated carbocycles. The second-order valence-corrected chi connectivity index (χ2v) is 5.11. The molecule has 2 rings (SSSR count). The van der Waals surface area contributed by atoms with Crippen molar-refractivity contribution in [3.63, 3.8) is 0 Å². The van der Waals surface area contributed by atoms with E-state index in [-0.39, 0.29) is 27.8 Å². The molecular weight excluding hydrogens is 319 g/mol. The van der Waals surface area contributed by atoms with Gasteiger partial charge in [-0.15, -0.1) is 0 Å². The highest BCUT2D eigenvalue weighted by atomic mass is 35.5. The monoisotopic (exact) mass is 326 g/mol. The predicted octanol–water partition coefficient (Wildman–Crippen LogP) is 4.40. The lowest BCUT2D eigenvalue weighted by Crippen LogP contribution is -2.00. The minimum atomic E-state index is -0.567. The molecule has 21 heavy (non-hydrogen) atoms. The van der Waals surface area contributed by atoms with Crippen LogP contribution in [0.3, 0.4) is 0 Å². The zero-order valence-electron chi connectivity index (χ0n) is 10.5. The lowest BCUT2D eigenvalue weighted by molar-refractivity contribution is -0.386. The van der Waals surface area contributed by atoms with E-state index < -0.39 is 9.85 Å². The molecule has 8 heteroatoms. The second kappa shape index (κ2) is 6.07. The van der Waals surface area contributed by atoms with Crippen LogP contribution < -0.4 is 0 Å². The summed E-state index contributed by atoms with van der Waals surface area (Å²) in [4.78, 5) is 20.9. The van der Waals surface area contributed by atoms with Crippen molar-refractivity contribution in [3.05, 3.63) is 77.8 Å². The van der Waals surface area contributed by atoms with Gasteiger partial charge in [0.05, 0.1) is 9.85 Å². The molecule has 0 aliphatic carbocycles. The highest BCUT2D eigenvalue weighted by Gasteiger charge is 2.20. The zero-order chi connectivity index (χ0) is 15.6. The first-order chi connectivity index (χ1) is 9.88. The minimum absolute atomic E-state index is 0.0426. The maximum Gasteiger partial charge on any atom is 0.274 e. The molecule has 2 aromatic rings. The third-order valence-electron chi connectivity index (χ3n) is 2.87. The van der Waals surface area contributed by atoms with Crippen molar-refractivity contribution >= 4 is 34.6 Å². The van der Waals surface area contributed by atoms with Crippen molar-refractivity contribution in [1.82, 2.24) is 0 Å². The fourth-order valence-corrected chi connectivity index (χ4v) is 2.25. The van der Waals surface area contributed by atoms with Gasteiger partial charge in [0.15, 0.2) is 0 Å². The topological polar surface area (TPSA) is 86.3 Å². The van der Waals surface area contributed by atoms with Gasteiger partial charge >= 0.3 is 0 Å². The largest absolute Gasteiger partial charge is 0.274 e. The van der Waals surface area contributed by atoms with Crippen LogP contribution in [-0.4, -0.2) is 9.85 Å². The molecule has 6 nitrogen and oxygen atoms in total. The van der Waals surface area contributed by atoms with Gasteiger partial charge in [0.2, 0.25) is 0 Å². The average molecular weight is 327 g/mol. The Hall–Kier alpha value is -2.18. The summed E-state index contributed by atoms with van der Waals surface area (Å²) >= 11 is 11.5. The van der Waals surface area contributed by atoms with Crippen LogP contribution in [0.5, 0.6) is 0 Å². The molecule has 0 bridgehead atoms. The predicted molar refractivity (Wildman–Crippen MR) is 79.0 cm³/mol. The fraction of sp³-hybridized carbons (Fsp3) is 0.0769. The average Bonchev–Trinajstić information content (AvgIpc) is 2.42. The lowest BCUT2D eigenvalue weighted by Gasteiger charge is -2.05. The van der Waals surface area contributed by atoms with Crippen molar-refractivity contribution < 1.29 is 9.85 Å². The minimum Gasteiger partial charge on any atom is -0.258 e. The van der Waals surface area contributed by atoms with Crippen LogP contribution in [0.1, 0.15) is 11.1 Å². The first kappa shape index (κ1) is 15.2. The Morgan fingerprint density at radius 2 is 1.19 bits per heavy atom. The van der Waals surface area contributed by atoms with E-state index in [1.807, 2.05) is 0 Å². The summed E-state index contributed by atoms with van der Waals surface area (Å²) in [6.07, 6.45) is 0.0426. The van der Waals surface area contributed by atoms with Gasteiger partial charge in [-0.25, -0.2) is 0 Å². The Bertz CT molecular complexity index is 673. The van der Waals surface area contributed by atoms with Crippen LogP contribution >= 0.6 is 23.2 Å². The molecule has 0 N–H and O–H groups in total. The van der Waals surface area contributed by atoms with E-state index in [1.54, 1.807) is 0 Å². The second-order valence-electron chi connectivity index (χ2n) is 4.24. The number of nitro benzene ring substituents is 2. The van der Waals surface area contributed by atoms with E-state index in [4.69, 9.17) is 23.2 Å². The van der Waals surface area contributed by atoms with Gasteiger partial charge in [0.1, 0.15) is 0 Å². The number of halogens is 2. The number of hydrogen-bond acceptors (Lipinski definition) is 4. The maximum atomic E-state index is 11.0. The van der Waals surface area contributed by atoms with E-state index >= 15 is 0 Å². The molecule has 2 aromatic carbocycles. The SMILES string of the molecule is O=[N+]([O-])c1cc(Cl)ccc1Cc1ccc(Cl)cc1[N+](=O)[O-]. The van der Waals surface area contributed by atoms with Crippen molar-refractivity contribution in [2.45, 2.75) is 6.42 Å².